The summed E-state index contributed by atoms with van der Waals surface area (Å²) in [4.78, 5) is 26.4. The van der Waals surface area contributed by atoms with Crippen LogP contribution < -0.4 is 5.32 Å². The minimum Gasteiger partial charge on any atom is -0.339 e. The molecule has 4 nitrogen and oxygen atoms in total. The predicted molar refractivity (Wildman–Crippen MR) is 99.6 cm³/mol. The lowest BCUT2D eigenvalue weighted by atomic mass is 10.1. The summed E-state index contributed by atoms with van der Waals surface area (Å²) in [7, 11) is 0. The van der Waals surface area contributed by atoms with E-state index in [0.29, 0.717) is 36.3 Å². The lowest BCUT2D eigenvalue weighted by molar-refractivity contribution is -0.117. The van der Waals surface area contributed by atoms with E-state index in [9.17, 15) is 14.0 Å². The van der Waals surface area contributed by atoms with Crippen molar-refractivity contribution in [3.8, 4) is 0 Å². The number of carbonyl (C=O) groups excluding carboxylic acids is 2. The second kappa shape index (κ2) is 7.68. The van der Waals surface area contributed by atoms with Crippen molar-refractivity contribution < 1.29 is 14.0 Å². The van der Waals surface area contributed by atoms with Crippen LogP contribution in [0.5, 0.6) is 0 Å². The molecular formula is C21H23FN2O2. The van der Waals surface area contributed by atoms with Gasteiger partial charge in [0.15, 0.2) is 0 Å². The van der Waals surface area contributed by atoms with Crippen LogP contribution in [0.2, 0.25) is 0 Å². The third-order valence-electron chi connectivity index (χ3n) is 4.88. The summed E-state index contributed by atoms with van der Waals surface area (Å²) in [5, 5.41) is 2.86. The number of anilines is 1. The molecule has 0 aliphatic heterocycles. The van der Waals surface area contributed by atoms with Gasteiger partial charge in [-0.3, -0.25) is 9.59 Å². The Balaban J connectivity index is 1.61. The first-order valence-corrected chi connectivity index (χ1v) is 8.99. The quantitative estimate of drug-likeness (QED) is 0.851. The van der Waals surface area contributed by atoms with Gasteiger partial charge < -0.3 is 10.2 Å². The standard InChI is InChI=1S/C21H23FN2O2/c1-3-24(4-2)21(26)14-9-11-15(12-10-14)23-20(25)18-13-17(18)16-7-5-6-8-19(16)22/h5-12,17-18H,3-4,13H2,1-2H3,(H,23,25). The maximum Gasteiger partial charge on any atom is 0.253 e. The van der Waals surface area contributed by atoms with Gasteiger partial charge in [0.05, 0.1) is 0 Å². The van der Waals surface area contributed by atoms with E-state index >= 15 is 0 Å². The van der Waals surface area contributed by atoms with Gasteiger partial charge in [-0.15, -0.1) is 0 Å². The third-order valence-corrected chi connectivity index (χ3v) is 4.88. The summed E-state index contributed by atoms with van der Waals surface area (Å²) in [6.45, 7) is 5.20. The summed E-state index contributed by atoms with van der Waals surface area (Å²) in [6.07, 6.45) is 0.658. The average molecular weight is 354 g/mol. The first-order chi connectivity index (χ1) is 12.5. The van der Waals surface area contributed by atoms with E-state index in [1.54, 1.807) is 47.4 Å². The Labute approximate surface area is 153 Å². The maximum atomic E-state index is 13.8. The Hall–Kier alpha value is -2.69. The molecule has 1 aliphatic rings. The van der Waals surface area contributed by atoms with Crippen molar-refractivity contribution in [2.45, 2.75) is 26.2 Å². The largest absolute Gasteiger partial charge is 0.339 e. The van der Waals surface area contributed by atoms with Gasteiger partial charge in [0.25, 0.3) is 5.91 Å². The normalized spacial score (nSPS) is 18.3. The van der Waals surface area contributed by atoms with Crippen LogP contribution in [-0.2, 0) is 4.79 Å². The lowest BCUT2D eigenvalue weighted by Crippen LogP contribution is -2.30. The van der Waals surface area contributed by atoms with E-state index in [1.807, 2.05) is 13.8 Å². The molecule has 5 heteroatoms. The van der Waals surface area contributed by atoms with E-state index < -0.39 is 0 Å². The molecule has 3 rings (SSSR count). The van der Waals surface area contributed by atoms with Gasteiger partial charge in [-0.05, 0) is 62.1 Å². The number of benzene rings is 2. The summed E-state index contributed by atoms with van der Waals surface area (Å²) in [5.41, 5.74) is 1.85. The zero-order valence-electron chi connectivity index (χ0n) is 15.0. The van der Waals surface area contributed by atoms with Crippen LogP contribution in [0, 0.1) is 11.7 Å². The maximum absolute atomic E-state index is 13.8. The zero-order chi connectivity index (χ0) is 18.7. The highest BCUT2D eigenvalue weighted by molar-refractivity contribution is 5.97. The molecule has 136 valence electrons. The Morgan fingerprint density at radius 2 is 1.73 bits per heavy atom. The molecular weight excluding hydrogens is 331 g/mol. The smallest absolute Gasteiger partial charge is 0.253 e. The fourth-order valence-corrected chi connectivity index (χ4v) is 3.23. The van der Waals surface area contributed by atoms with Gasteiger partial charge in [0, 0.05) is 30.3 Å². The van der Waals surface area contributed by atoms with Gasteiger partial charge in [0.2, 0.25) is 5.91 Å². The highest BCUT2D eigenvalue weighted by Gasteiger charge is 2.45. The van der Waals surface area contributed by atoms with Crippen LogP contribution in [0.25, 0.3) is 0 Å². The Bertz CT molecular complexity index is 800. The molecule has 0 spiro atoms. The molecule has 0 bridgehead atoms. The molecule has 1 N–H and O–H groups in total. The number of nitrogens with zero attached hydrogens (tertiary/aromatic N) is 1. The average Bonchev–Trinajstić information content (AvgIpc) is 3.44. The number of amides is 2. The monoisotopic (exact) mass is 354 g/mol. The zero-order valence-corrected chi connectivity index (χ0v) is 15.0. The van der Waals surface area contributed by atoms with Crippen molar-refractivity contribution in [2.24, 2.45) is 5.92 Å². The lowest BCUT2D eigenvalue weighted by Gasteiger charge is -2.18. The SMILES string of the molecule is CCN(CC)C(=O)c1ccc(NC(=O)C2CC2c2ccccc2F)cc1. The van der Waals surface area contributed by atoms with Crippen molar-refractivity contribution in [3.63, 3.8) is 0 Å². The van der Waals surface area contributed by atoms with Gasteiger partial charge in [-0.25, -0.2) is 4.39 Å². The molecule has 1 saturated carbocycles. The molecule has 2 atom stereocenters. The molecule has 26 heavy (non-hydrogen) atoms. The van der Waals surface area contributed by atoms with E-state index in [-0.39, 0.29) is 29.5 Å². The van der Waals surface area contributed by atoms with Crippen molar-refractivity contribution in [2.75, 3.05) is 18.4 Å². The highest BCUT2D eigenvalue weighted by atomic mass is 19.1. The molecule has 2 aromatic rings. The number of halogens is 1. The van der Waals surface area contributed by atoms with E-state index in [2.05, 4.69) is 5.32 Å². The molecule has 1 fully saturated rings. The van der Waals surface area contributed by atoms with Crippen LogP contribution in [0.15, 0.2) is 48.5 Å². The number of carbonyl (C=O) groups is 2. The van der Waals surface area contributed by atoms with Gasteiger partial charge >= 0.3 is 0 Å². The molecule has 2 unspecified atom stereocenters. The number of nitrogens with one attached hydrogen (secondary N) is 1. The second-order valence-corrected chi connectivity index (χ2v) is 6.51. The van der Waals surface area contributed by atoms with Gasteiger partial charge in [-0.2, -0.15) is 0 Å². The second-order valence-electron chi connectivity index (χ2n) is 6.51. The molecule has 0 radical (unpaired) electrons. The molecule has 0 heterocycles. The van der Waals surface area contributed by atoms with E-state index in [0.717, 1.165) is 0 Å². The molecule has 1 aliphatic carbocycles. The van der Waals surface area contributed by atoms with E-state index in [4.69, 9.17) is 0 Å². The minimum absolute atomic E-state index is 0.0188. The Morgan fingerprint density at radius 3 is 2.35 bits per heavy atom. The number of hydrogen-bond donors (Lipinski definition) is 1. The predicted octanol–water partition coefficient (Wildman–Crippen LogP) is 4.05. The van der Waals surface area contributed by atoms with Crippen molar-refractivity contribution >= 4 is 17.5 Å². The summed E-state index contributed by atoms with van der Waals surface area (Å²) < 4.78 is 13.8. The fourth-order valence-electron chi connectivity index (χ4n) is 3.23. The number of hydrogen-bond acceptors (Lipinski definition) is 2. The van der Waals surface area contributed by atoms with Crippen LogP contribution >= 0.6 is 0 Å². The topological polar surface area (TPSA) is 49.4 Å². The third kappa shape index (κ3) is 3.77. The van der Waals surface area contributed by atoms with Crippen molar-refractivity contribution in [3.05, 3.63) is 65.5 Å². The van der Waals surface area contributed by atoms with Crippen molar-refractivity contribution in [1.29, 1.82) is 0 Å². The highest BCUT2D eigenvalue weighted by Crippen LogP contribution is 2.48. The first kappa shape index (κ1) is 18.1. The van der Waals surface area contributed by atoms with Crippen LogP contribution in [0.1, 0.15) is 42.1 Å². The van der Waals surface area contributed by atoms with Crippen LogP contribution in [-0.4, -0.2) is 29.8 Å². The molecule has 2 aromatic carbocycles. The number of rotatable bonds is 6. The Morgan fingerprint density at radius 1 is 1.08 bits per heavy atom. The first-order valence-electron chi connectivity index (χ1n) is 8.99. The van der Waals surface area contributed by atoms with E-state index in [1.165, 1.54) is 6.07 Å². The Kier molecular flexibility index (Phi) is 5.35. The summed E-state index contributed by atoms with van der Waals surface area (Å²) in [5.74, 6) is -0.647. The molecule has 0 aromatic heterocycles. The van der Waals surface area contributed by atoms with Crippen LogP contribution in [0.4, 0.5) is 10.1 Å². The fraction of sp³-hybridized carbons (Fsp3) is 0.333. The molecule has 2 amide bonds. The van der Waals surface area contributed by atoms with Gasteiger partial charge in [-0.1, -0.05) is 18.2 Å². The van der Waals surface area contributed by atoms with Crippen molar-refractivity contribution in [1.82, 2.24) is 4.90 Å². The minimum atomic E-state index is -0.257. The molecule has 0 saturated heterocycles. The van der Waals surface area contributed by atoms with Gasteiger partial charge in [0.1, 0.15) is 5.82 Å². The summed E-state index contributed by atoms with van der Waals surface area (Å²) in [6, 6.07) is 13.5. The summed E-state index contributed by atoms with van der Waals surface area (Å²) >= 11 is 0. The van der Waals surface area contributed by atoms with Crippen LogP contribution in [0.3, 0.4) is 0 Å².